The number of nitrogens with zero attached hydrogens (tertiary/aromatic N) is 4. The molecular weight excluding hydrogens is 400 g/mol. The van der Waals surface area contributed by atoms with Crippen LogP contribution in [0.5, 0.6) is 0 Å². The molecule has 0 aromatic rings. The highest BCUT2D eigenvalue weighted by Gasteiger charge is 2.38. The Morgan fingerprint density at radius 1 is 0.533 bits per heavy atom. The first-order valence-electron chi connectivity index (χ1n) is 8.95. The molecule has 12 heteroatoms. The SMILES string of the molecule is CC(C)(N=NC(C)(C)C(=O)O)C(=O)O.CC(C)C(C)(N=NC(C)(C)C(=O)O)C(=O)O. The van der Waals surface area contributed by atoms with E-state index in [0.29, 0.717) is 0 Å². The van der Waals surface area contributed by atoms with Gasteiger partial charge < -0.3 is 20.4 Å². The van der Waals surface area contributed by atoms with Crippen LogP contribution in [0.15, 0.2) is 20.5 Å². The fourth-order valence-electron chi connectivity index (χ4n) is 1.01. The van der Waals surface area contributed by atoms with Crippen molar-refractivity contribution in [3.63, 3.8) is 0 Å². The maximum atomic E-state index is 11.0. The first-order valence-corrected chi connectivity index (χ1v) is 8.95. The molecule has 0 spiro atoms. The molecule has 0 rings (SSSR count). The summed E-state index contributed by atoms with van der Waals surface area (Å²) in [5, 5.41) is 49.5. The average molecular weight is 432 g/mol. The number of carboxylic acids is 4. The minimum Gasteiger partial charge on any atom is -0.479 e. The molecule has 0 bridgehead atoms. The smallest absolute Gasteiger partial charge is 0.333 e. The summed E-state index contributed by atoms with van der Waals surface area (Å²) in [6, 6.07) is 0. The van der Waals surface area contributed by atoms with Crippen LogP contribution in [0.25, 0.3) is 0 Å². The highest BCUT2D eigenvalue weighted by molar-refractivity contribution is 5.80. The monoisotopic (exact) mass is 432 g/mol. The number of aliphatic carboxylic acids is 4. The molecule has 0 saturated carbocycles. The molecule has 0 aliphatic heterocycles. The van der Waals surface area contributed by atoms with Gasteiger partial charge in [-0.05, 0) is 54.4 Å². The van der Waals surface area contributed by atoms with Crippen molar-refractivity contribution >= 4 is 23.9 Å². The lowest BCUT2D eigenvalue weighted by Crippen LogP contribution is -2.39. The molecule has 0 aromatic heterocycles. The average Bonchev–Trinajstić information content (AvgIpc) is 2.57. The van der Waals surface area contributed by atoms with Crippen LogP contribution in [0.2, 0.25) is 0 Å². The topological polar surface area (TPSA) is 199 Å². The lowest BCUT2D eigenvalue weighted by Gasteiger charge is -2.24. The zero-order valence-electron chi connectivity index (χ0n) is 18.8. The van der Waals surface area contributed by atoms with E-state index in [4.69, 9.17) is 20.4 Å². The first kappa shape index (κ1) is 29.3. The summed E-state index contributed by atoms with van der Waals surface area (Å²) in [5.74, 6) is -4.84. The minimum absolute atomic E-state index is 0.279. The Morgan fingerprint density at radius 3 is 0.933 bits per heavy atom. The summed E-state index contributed by atoms with van der Waals surface area (Å²) in [4.78, 5) is 43.0. The predicted octanol–water partition coefficient (Wildman–Crippen LogP) is 2.97. The summed E-state index contributed by atoms with van der Waals surface area (Å²) in [7, 11) is 0. The number of azo groups is 2. The Balaban J connectivity index is 0. The fourth-order valence-corrected chi connectivity index (χ4v) is 1.01. The Kier molecular flexibility index (Phi) is 9.97. The molecule has 0 aliphatic carbocycles. The van der Waals surface area contributed by atoms with Crippen LogP contribution < -0.4 is 0 Å². The van der Waals surface area contributed by atoms with Gasteiger partial charge in [-0.3, -0.25) is 0 Å². The van der Waals surface area contributed by atoms with E-state index in [-0.39, 0.29) is 5.92 Å². The molecule has 12 nitrogen and oxygen atoms in total. The molecule has 172 valence electrons. The summed E-state index contributed by atoms with van der Waals surface area (Å²) in [6.45, 7) is 12.9. The molecule has 1 unspecified atom stereocenters. The van der Waals surface area contributed by atoms with E-state index >= 15 is 0 Å². The number of rotatable bonds is 9. The van der Waals surface area contributed by atoms with Crippen molar-refractivity contribution in [3.8, 4) is 0 Å². The van der Waals surface area contributed by atoms with Gasteiger partial charge in [-0.15, -0.1) is 0 Å². The molecule has 0 saturated heterocycles. The first-order chi connectivity index (χ1) is 13.1. The van der Waals surface area contributed by atoms with Crippen molar-refractivity contribution in [2.24, 2.45) is 26.4 Å². The molecule has 0 fully saturated rings. The second-order valence-corrected chi connectivity index (χ2v) is 8.60. The van der Waals surface area contributed by atoms with Gasteiger partial charge in [0.25, 0.3) is 0 Å². The Labute approximate surface area is 175 Å². The van der Waals surface area contributed by atoms with E-state index < -0.39 is 46.0 Å². The third-order valence-corrected chi connectivity index (χ3v) is 4.19. The van der Waals surface area contributed by atoms with Crippen molar-refractivity contribution < 1.29 is 39.6 Å². The lowest BCUT2D eigenvalue weighted by atomic mass is 9.90. The van der Waals surface area contributed by atoms with E-state index in [1.165, 1.54) is 48.5 Å². The van der Waals surface area contributed by atoms with Crippen molar-refractivity contribution in [3.05, 3.63) is 0 Å². The zero-order valence-corrected chi connectivity index (χ0v) is 18.8. The second-order valence-electron chi connectivity index (χ2n) is 8.60. The van der Waals surface area contributed by atoms with E-state index in [1.807, 2.05) is 0 Å². The van der Waals surface area contributed by atoms with Gasteiger partial charge in [0, 0.05) is 0 Å². The van der Waals surface area contributed by atoms with E-state index in [0.717, 1.165) is 0 Å². The largest absolute Gasteiger partial charge is 0.479 e. The number of hydrogen-bond donors (Lipinski definition) is 4. The molecule has 0 aliphatic rings. The van der Waals surface area contributed by atoms with Crippen LogP contribution in [0.3, 0.4) is 0 Å². The quantitative estimate of drug-likeness (QED) is 0.398. The Morgan fingerprint density at radius 2 is 0.767 bits per heavy atom. The van der Waals surface area contributed by atoms with Crippen molar-refractivity contribution in [2.45, 2.75) is 84.5 Å². The summed E-state index contributed by atoms with van der Waals surface area (Å²) in [5.41, 5.74) is -5.60. The second kappa shape index (κ2) is 10.2. The number of carbonyl (C=O) groups is 4. The molecule has 0 radical (unpaired) electrons. The Hall–Kier alpha value is -2.92. The molecule has 30 heavy (non-hydrogen) atoms. The van der Waals surface area contributed by atoms with Crippen molar-refractivity contribution in [1.29, 1.82) is 0 Å². The molecule has 0 aromatic carbocycles. The van der Waals surface area contributed by atoms with E-state index in [2.05, 4.69) is 20.5 Å². The van der Waals surface area contributed by atoms with Gasteiger partial charge in [0.05, 0.1) is 0 Å². The molecule has 0 heterocycles. The summed E-state index contributed by atoms with van der Waals surface area (Å²) in [6.07, 6.45) is 0. The highest BCUT2D eigenvalue weighted by Crippen LogP contribution is 2.24. The fraction of sp³-hybridized carbons (Fsp3) is 0.778. The molecular formula is C18H32N4O8. The summed E-state index contributed by atoms with van der Waals surface area (Å²) >= 11 is 0. The summed E-state index contributed by atoms with van der Waals surface area (Å²) < 4.78 is 0. The Bertz CT molecular complexity index is 698. The van der Waals surface area contributed by atoms with Crippen molar-refractivity contribution in [2.75, 3.05) is 0 Å². The molecule has 1 atom stereocenters. The normalized spacial score (nSPS) is 14.9. The number of carboxylic acid groups (broad SMARTS) is 4. The van der Waals surface area contributed by atoms with E-state index in [1.54, 1.807) is 13.8 Å². The van der Waals surface area contributed by atoms with Gasteiger partial charge in [-0.2, -0.15) is 20.5 Å². The van der Waals surface area contributed by atoms with Crippen LogP contribution in [-0.4, -0.2) is 66.5 Å². The van der Waals surface area contributed by atoms with E-state index in [9.17, 15) is 19.2 Å². The third-order valence-electron chi connectivity index (χ3n) is 4.19. The standard InChI is InChI=1S/C10H18N2O4.C8H14N2O4/c1-6(2)10(5,8(15)16)12-11-9(3,4)7(13)14;1-7(2,5(11)12)9-10-8(3,4)6(13)14/h6H,1-5H3,(H,13,14)(H,15,16);1-4H3,(H,11,12)(H,13,14). The van der Waals surface area contributed by atoms with Gasteiger partial charge >= 0.3 is 23.9 Å². The van der Waals surface area contributed by atoms with Crippen LogP contribution in [0.4, 0.5) is 0 Å². The van der Waals surface area contributed by atoms with Gasteiger partial charge in [0.15, 0.2) is 22.2 Å². The van der Waals surface area contributed by atoms with Gasteiger partial charge in [-0.1, -0.05) is 13.8 Å². The van der Waals surface area contributed by atoms with Crippen LogP contribution in [-0.2, 0) is 19.2 Å². The highest BCUT2D eigenvalue weighted by atomic mass is 16.4. The zero-order chi connectivity index (χ0) is 24.7. The third kappa shape index (κ3) is 8.62. The maximum Gasteiger partial charge on any atom is 0.333 e. The maximum absolute atomic E-state index is 11.0. The number of hydrogen-bond acceptors (Lipinski definition) is 8. The van der Waals surface area contributed by atoms with Crippen LogP contribution in [0, 0.1) is 5.92 Å². The van der Waals surface area contributed by atoms with Crippen molar-refractivity contribution in [1.82, 2.24) is 0 Å². The minimum atomic E-state index is -1.41. The van der Waals surface area contributed by atoms with Crippen LogP contribution in [0.1, 0.15) is 62.3 Å². The lowest BCUT2D eigenvalue weighted by molar-refractivity contribution is -0.146. The predicted molar refractivity (Wildman–Crippen MR) is 106 cm³/mol. The molecule has 4 N–H and O–H groups in total. The van der Waals surface area contributed by atoms with Gasteiger partial charge in [0.1, 0.15) is 0 Å². The molecule has 0 amide bonds. The van der Waals surface area contributed by atoms with Gasteiger partial charge in [0.2, 0.25) is 0 Å². The van der Waals surface area contributed by atoms with Gasteiger partial charge in [-0.25, -0.2) is 19.2 Å². The van der Waals surface area contributed by atoms with Crippen LogP contribution >= 0.6 is 0 Å².